The number of rotatable bonds is 17. The molecular weight excluding hydrogens is 2260 g/mol. The van der Waals surface area contributed by atoms with Crippen molar-refractivity contribution in [2.45, 2.75) is 208 Å². The predicted molar refractivity (Wildman–Crippen MR) is 581 cm³/mol. The van der Waals surface area contributed by atoms with E-state index in [0.29, 0.717) is 23.7 Å². The summed E-state index contributed by atoms with van der Waals surface area (Å²) >= 11 is 0. The number of hydrogen-bond acceptors (Lipinski definition) is 6. The second kappa shape index (κ2) is 47.3. The summed E-state index contributed by atoms with van der Waals surface area (Å²) in [6.45, 7) is 28.8. The molecule has 2 saturated carbocycles. The Morgan fingerprint density at radius 2 is 0.634 bits per heavy atom. The molecule has 21 aromatic rings. The first-order valence-corrected chi connectivity index (χ1v) is 50.4. The fourth-order valence-electron chi connectivity index (χ4n) is 21.4. The third-order valence-corrected chi connectivity index (χ3v) is 28.6. The summed E-state index contributed by atoms with van der Waals surface area (Å²) in [7, 11) is 0. The molecule has 0 bridgehead atoms. The monoisotopic (exact) mass is 2390 g/mol. The minimum absolute atomic E-state index is 0. The van der Waals surface area contributed by atoms with E-state index >= 15 is 0 Å². The van der Waals surface area contributed by atoms with Crippen molar-refractivity contribution in [3.63, 3.8) is 0 Å². The molecule has 0 unspecified atom stereocenters. The Morgan fingerprint density at radius 1 is 0.310 bits per heavy atom. The number of fused-ring (bicyclic) bond motifs is 18. The van der Waals surface area contributed by atoms with E-state index in [2.05, 4.69) is 361 Å². The van der Waals surface area contributed by atoms with E-state index in [-0.39, 0.29) is 76.6 Å². The minimum atomic E-state index is -0.0808. The van der Waals surface area contributed by atoms with Crippen LogP contribution in [0.3, 0.4) is 0 Å². The van der Waals surface area contributed by atoms with Gasteiger partial charge in [0.05, 0.1) is 39.7 Å². The van der Waals surface area contributed by atoms with E-state index in [4.69, 9.17) is 15.0 Å². The van der Waals surface area contributed by atoms with Gasteiger partial charge in [0, 0.05) is 158 Å². The quantitative estimate of drug-likeness (QED) is 0.0666. The SMILES string of the molecule is CC(C)(c1[c-]cccc1)c1ccccn1.CC(C)(c1[c-]cccc1)c1ccccn1.CC(C)(c1[c-]cccc1)c1ccccn1.CCc1cccc(CC)c1-c1cnc2c3[c-]cccc3c3ccccc3n12.Cc1nc2c3[c-]cccc3c3ccccc3n2c1-c1c(CC(C)C)cccc1CC(C)C.[Ir].[Ir].[Ir].[c-]1cccc2c1c1ncc(-c3c(C4CCCCC4)cccc3C3CCCCC3)n1c1ccccc21. The first-order chi connectivity index (χ1) is 67.8. The number of aryl methyl sites for hydroxylation is 3. The normalized spacial score (nSPS) is 13.0. The van der Waals surface area contributed by atoms with Gasteiger partial charge in [-0.3, -0.25) is 29.9 Å². The Kier molecular flexibility index (Phi) is 34.6. The van der Waals surface area contributed by atoms with E-state index in [1.165, 1.54) is 186 Å². The van der Waals surface area contributed by atoms with Crippen LogP contribution < -0.4 is 0 Å². The Bertz CT molecular complexity index is 7350. The van der Waals surface area contributed by atoms with E-state index in [0.717, 1.165) is 81.6 Å². The Labute approximate surface area is 881 Å². The van der Waals surface area contributed by atoms with Gasteiger partial charge >= 0.3 is 0 Å². The van der Waals surface area contributed by atoms with Crippen molar-refractivity contribution in [1.29, 1.82) is 0 Å². The zero-order chi connectivity index (χ0) is 96.2. The molecule has 12 aromatic carbocycles. The molecule has 23 rings (SSSR count). The Balaban J connectivity index is 0.000000132. The summed E-state index contributed by atoms with van der Waals surface area (Å²) in [5.74, 6) is 2.50. The average molecular weight is 2390 g/mol. The van der Waals surface area contributed by atoms with Crippen molar-refractivity contribution in [3.05, 3.63) is 450 Å². The van der Waals surface area contributed by atoms with Gasteiger partial charge in [-0.05, 0) is 186 Å². The topological polar surface area (TPSA) is 90.6 Å². The van der Waals surface area contributed by atoms with Crippen LogP contribution in [0.2, 0.25) is 0 Å². The number of aromatic nitrogens is 9. The van der Waals surface area contributed by atoms with Crippen LogP contribution in [-0.2, 0) is 102 Å². The summed E-state index contributed by atoms with van der Waals surface area (Å²) in [6, 6.07) is 128. The largest absolute Gasteiger partial charge is 0.333 e. The van der Waals surface area contributed by atoms with Gasteiger partial charge in [-0.15, -0.1) is 89.0 Å². The van der Waals surface area contributed by atoms with Crippen LogP contribution in [0.4, 0.5) is 0 Å². The van der Waals surface area contributed by atoms with Gasteiger partial charge in [-0.2, -0.15) is 108 Å². The van der Waals surface area contributed by atoms with Gasteiger partial charge in [0.25, 0.3) is 0 Å². The summed E-state index contributed by atoms with van der Waals surface area (Å²) in [6.07, 6.45) is 27.3. The number of nitrogens with zero attached hydrogens (tertiary/aromatic N) is 9. The van der Waals surface area contributed by atoms with Crippen LogP contribution in [0.15, 0.2) is 340 Å². The summed E-state index contributed by atoms with van der Waals surface area (Å²) in [4.78, 5) is 28.3. The molecule has 3 radical (unpaired) electrons. The van der Waals surface area contributed by atoms with Crippen LogP contribution in [0, 0.1) is 55.2 Å². The van der Waals surface area contributed by atoms with Gasteiger partial charge in [0.15, 0.2) is 0 Å². The molecule has 0 aliphatic heterocycles. The van der Waals surface area contributed by atoms with Crippen molar-refractivity contribution in [1.82, 2.24) is 43.1 Å². The third kappa shape index (κ3) is 21.9. The number of imidazole rings is 3. The molecule has 142 heavy (non-hydrogen) atoms. The molecule has 9 heterocycles. The van der Waals surface area contributed by atoms with Crippen molar-refractivity contribution < 1.29 is 60.3 Å². The summed E-state index contributed by atoms with van der Waals surface area (Å²) in [5, 5.41) is 10.7. The van der Waals surface area contributed by atoms with Gasteiger partial charge in [-0.1, -0.05) is 265 Å². The molecule has 0 saturated heterocycles. The molecule has 9 aromatic heterocycles. The van der Waals surface area contributed by atoms with Crippen molar-refractivity contribution in [2.75, 3.05) is 0 Å². The second-order valence-corrected chi connectivity index (χ2v) is 39.9. The van der Waals surface area contributed by atoms with E-state index < -0.39 is 0 Å². The summed E-state index contributed by atoms with van der Waals surface area (Å²) < 4.78 is 7.16. The molecule has 2 fully saturated rings. The molecule has 0 N–H and O–H groups in total. The smallest absolute Gasteiger partial charge is 0.0669 e. The number of para-hydroxylation sites is 3. The van der Waals surface area contributed by atoms with Gasteiger partial charge in [0.2, 0.25) is 0 Å². The zero-order valence-electron chi connectivity index (χ0n) is 84.1. The molecule has 12 heteroatoms. The summed E-state index contributed by atoms with van der Waals surface area (Å²) in [5.41, 5.74) is 30.8. The molecule has 725 valence electrons. The average Bonchev–Trinajstić information content (AvgIpc) is 1.55. The number of benzene rings is 12. The Morgan fingerprint density at radius 3 is 0.986 bits per heavy atom. The van der Waals surface area contributed by atoms with Crippen molar-refractivity contribution in [2.24, 2.45) is 11.8 Å². The molecule has 0 atom stereocenters. The molecule has 2 aliphatic rings. The molecule has 2 aliphatic carbocycles. The maximum absolute atomic E-state index is 5.14. The van der Waals surface area contributed by atoms with Crippen LogP contribution in [0.1, 0.15) is 232 Å². The predicted octanol–water partition coefficient (Wildman–Crippen LogP) is 32.9. The molecular formula is C130H127Ir3N9-6. The first kappa shape index (κ1) is 104. The minimum Gasteiger partial charge on any atom is -0.333 e. The number of hydrogen-bond donors (Lipinski definition) is 0. The molecule has 0 spiro atoms. The van der Waals surface area contributed by atoms with Gasteiger partial charge < -0.3 is 13.2 Å². The maximum atomic E-state index is 5.14. The Hall–Kier alpha value is -12.3. The number of pyridine rings is 6. The maximum Gasteiger partial charge on any atom is 0.0669 e. The fraction of sp³-hybridized carbons (Fsp3) is 0.262. The van der Waals surface area contributed by atoms with Gasteiger partial charge in [-0.25, -0.2) is 0 Å². The zero-order valence-corrected chi connectivity index (χ0v) is 91.3. The third-order valence-electron chi connectivity index (χ3n) is 28.6. The molecule has 0 amide bonds. The molecule has 9 nitrogen and oxygen atoms in total. The van der Waals surface area contributed by atoms with E-state index in [9.17, 15) is 0 Å². The second-order valence-electron chi connectivity index (χ2n) is 39.9. The standard InChI is InChI=1S/C33H33N2.C30H31N2.C25H21N2.3C14H14N.3Ir/c1-3-12-23(13-4-1)25-19-11-20-26(24-14-5-2-6-15-24)32(25)31-22-34-33-29-18-8-7-16-27(29)28-17-9-10-21-30(28)35(31)33;1-19(2)17-22-11-10-12-23(18-20(3)4)28(22)29-21(5)31-30-26-15-7-6-13-24(26)25-14-8-9-16-27(25)32(29)30;1-3-17-10-9-11-18(4-2)24(17)23-16-26-25-21-14-6-5-12-19(21)20-13-7-8-15-22(20)27(23)25;3*1-14(2,12-8-4-3-5-9-12)13-10-6-7-11-15-13;;;/h7-11,16-17,19-24H,1-6,12-15H2;6-14,16,19-20H,17-18H2,1-5H3;5-13,15-16H,3-4H2,1-2H3;3*3-8,10-11H,1-2H3;;;/q6*-1;;;. The van der Waals surface area contributed by atoms with E-state index in [1.54, 1.807) is 11.1 Å². The van der Waals surface area contributed by atoms with E-state index in [1.807, 2.05) is 134 Å². The van der Waals surface area contributed by atoms with Crippen molar-refractivity contribution >= 4 is 82.0 Å². The van der Waals surface area contributed by atoms with Crippen LogP contribution >= 0.6 is 0 Å². The van der Waals surface area contributed by atoms with Crippen molar-refractivity contribution in [3.8, 4) is 33.8 Å². The van der Waals surface area contributed by atoms with Crippen LogP contribution in [-0.4, -0.2) is 43.1 Å². The van der Waals surface area contributed by atoms with Crippen LogP contribution in [0.5, 0.6) is 0 Å². The van der Waals surface area contributed by atoms with Crippen LogP contribution in [0.25, 0.3) is 116 Å². The fourth-order valence-corrected chi connectivity index (χ4v) is 21.4. The van der Waals surface area contributed by atoms with Gasteiger partial charge in [0.1, 0.15) is 0 Å². The first-order valence-electron chi connectivity index (χ1n) is 50.4.